The molecule has 0 aliphatic heterocycles. The number of para-hydroxylation sites is 1. The number of likely N-dealkylation sites (N-methyl/N-ethyl adjacent to an activating group) is 1. The van der Waals surface area contributed by atoms with Crippen LogP contribution in [0.1, 0.15) is 27.3 Å². The molecule has 160 valence electrons. The first-order valence-electron chi connectivity index (χ1n) is 9.66. The van der Waals surface area contributed by atoms with Crippen LogP contribution in [0.25, 0.3) is 5.69 Å². The van der Waals surface area contributed by atoms with Crippen molar-refractivity contribution in [2.24, 2.45) is 0 Å². The molecule has 1 aromatic heterocycles. The molecule has 31 heavy (non-hydrogen) atoms. The molecule has 2 aromatic carbocycles. The van der Waals surface area contributed by atoms with E-state index in [0.717, 1.165) is 20.6 Å². The second-order valence-electron chi connectivity index (χ2n) is 7.29. The van der Waals surface area contributed by atoms with Gasteiger partial charge in [-0.3, -0.25) is 14.4 Å². The molecule has 0 saturated carbocycles. The van der Waals surface area contributed by atoms with Crippen molar-refractivity contribution >= 4 is 39.2 Å². The molecule has 0 aliphatic rings. The number of hydrogen-bond donors (Lipinski definition) is 1. The lowest BCUT2D eigenvalue weighted by Crippen LogP contribution is -2.39. The summed E-state index contributed by atoms with van der Waals surface area (Å²) in [5.41, 5.74) is 3.62. The van der Waals surface area contributed by atoms with Crippen LogP contribution in [0, 0.1) is 20.8 Å². The van der Waals surface area contributed by atoms with E-state index < -0.39 is 11.7 Å². The number of carbonyl (C=O) groups is 3. The molecule has 0 spiro atoms. The second-order valence-corrected chi connectivity index (χ2v) is 8.21. The second kappa shape index (κ2) is 9.26. The van der Waals surface area contributed by atoms with E-state index in [4.69, 9.17) is 0 Å². The minimum Gasteiger partial charge on any atom is -0.330 e. The minimum absolute atomic E-state index is 0.245. The maximum atomic E-state index is 12.9. The molecule has 3 rings (SSSR count). The first kappa shape index (κ1) is 22.4. The first-order valence-corrected chi connectivity index (χ1v) is 10.5. The summed E-state index contributed by atoms with van der Waals surface area (Å²) in [5, 5.41) is 7.19. The van der Waals surface area contributed by atoms with Gasteiger partial charge in [-0.1, -0.05) is 34.1 Å². The Morgan fingerprint density at radius 1 is 1.06 bits per heavy atom. The Morgan fingerprint density at radius 2 is 1.74 bits per heavy atom. The van der Waals surface area contributed by atoms with Crippen molar-refractivity contribution in [3.05, 3.63) is 75.5 Å². The standard InChI is InChI=1S/C23H23BrN4O3/c1-14-12-17(24)10-11-19(14)25-20(29)13-27(4)23(31)22(30)21-15(2)26-28(16(21)3)18-8-6-5-7-9-18/h5-12H,13H2,1-4H3,(H,25,29). The summed E-state index contributed by atoms with van der Waals surface area (Å²) in [6.45, 7) is 5.06. The molecule has 1 heterocycles. The van der Waals surface area contributed by atoms with Gasteiger partial charge in [-0.05, 0) is 56.7 Å². The van der Waals surface area contributed by atoms with Gasteiger partial charge < -0.3 is 10.2 Å². The number of aromatic nitrogens is 2. The van der Waals surface area contributed by atoms with Crippen molar-refractivity contribution in [3.8, 4) is 5.69 Å². The van der Waals surface area contributed by atoms with Gasteiger partial charge in [-0.25, -0.2) is 4.68 Å². The highest BCUT2D eigenvalue weighted by Gasteiger charge is 2.28. The summed E-state index contributed by atoms with van der Waals surface area (Å²) in [4.78, 5) is 39.2. The van der Waals surface area contributed by atoms with Crippen molar-refractivity contribution in [3.63, 3.8) is 0 Å². The number of aryl methyl sites for hydroxylation is 2. The number of benzene rings is 2. The highest BCUT2D eigenvalue weighted by Crippen LogP contribution is 2.21. The number of nitrogens with one attached hydrogen (secondary N) is 1. The Bertz CT molecular complexity index is 1160. The predicted molar refractivity (Wildman–Crippen MR) is 123 cm³/mol. The Kier molecular flexibility index (Phi) is 6.70. The van der Waals surface area contributed by atoms with Gasteiger partial charge >= 0.3 is 0 Å². The summed E-state index contributed by atoms with van der Waals surface area (Å²) in [7, 11) is 1.43. The summed E-state index contributed by atoms with van der Waals surface area (Å²) in [5.74, 6) is -1.84. The van der Waals surface area contributed by atoms with Crippen LogP contribution in [0.5, 0.6) is 0 Å². The molecule has 2 amide bonds. The van der Waals surface area contributed by atoms with Gasteiger partial charge in [0.15, 0.2) is 0 Å². The Labute approximate surface area is 189 Å². The topological polar surface area (TPSA) is 84.3 Å². The van der Waals surface area contributed by atoms with Gasteiger partial charge in [0.05, 0.1) is 29.2 Å². The number of carbonyl (C=O) groups excluding carboxylic acids is 3. The highest BCUT2D eigenvalue weighted by atomic mass is 79.9. The third-order valence-electron chi connectivity index (χ3n) is 4.90. The number of rotatable bonds is 6. The third kappa shape index (κ3) is 4.91. The van der Waals surface area contributed by atoms with E-state index in [1.54, 1.807) is 24.6 Å². The molecule has 0 radical (unpaired) electrons. The minimum atomic E-state index is -0.763. The molecule has 0 fully saturated rings. The van der Waals surface area contributed by atoms with E-state index in [2.05, 4.69) is 26.3 Å². The van der Waals surface area contributed by atoms with Gasteiger partial charge in [0.25, 0.3) is 11.7 Å². The van der Waals surface area contributed by atoms with Crippen LogP contribution in [-0.4, -0.2) is 45.9 Å². The van der Waals surface area contributed by atoms with Gasteiger partial charge in [0.2, 0.25) is 5.91 Å². The fourth-order valence-electron chi connectivity index (χ4n) is 3.32. The monoisotopic (exact) mass is 482 g/mol. The maximum absolute atomic E-state index is 12.9. The predicted octanol–water partition coefficient (Wildman–Crippen LogP) is 3.84. The number of nitrogens with zero attached hydrogens (tertiary/aromatic N) is 3. The van der Waals surface area contributed by atoms with Crippen molar-refractivity contribution in [2.45, 2.75) is 20.8 Å². The molecule has 8 heteroatoms. The lowest BCUT2D eigenvalue weighted by Gasteiger charge is -2.17. The molecule has 7 nitrogen and oxygen atoms in total. The van der Waals surface area contributed by atoms with Crippen molar-refractivity contribution in [1.82, 2.24) is 14.7 Å². The molecule has 0 bridgehead atoms. The smallest absolute Gasteiger partial charge is 0.295 e. The van der Waals surface area contributed by atoms with E-state index in [1.807, 2.05) is 49.4 Å². The Morgan fingerprint density at radius 3 is 2.39 bits per heavy atom. The number of ketones is 1. The van der Waals surface area contributed by atoms with E-state index in [9.17, 15) is 14.4 Å². The van der Waals surface area contributed by atoms with Crippen LogP contribution in [-0.2, 0) is 9.59 Å². The largest absolute Gasteiger partial charge is 0.330 e. The molecular weight excluding hydrogens is 460 g/mol. The SMILES string of the molecule is Cc1cc(Br)ccc1NC(=O)CN(C)C(=O)C(=O)c1c(C)nn(-c2ccccc2)c1C. The number of Topliss-reactive ketones (excluding diaryl/α,β-unsaturated/α-hetero) is 1. The zero-order chi connectivity index (χ0) is 22.7. The average molecular weight is 483 g/mol. The van der Waals surface area contributed by atoms with E-state index in [-0.39, 0.29) is 18.0 Å². The summed E-state index contributed by atoms with van der Waals surface area (Å²) >= 11 is 3.38. The maximum Gasteiger partial charge on any atom is 0.295 e. The summed E-state index contributed by atoms with van der Waals surface area (Å²) in [6, 6.07) is 14.8. The molecule has 0 unspecified atom stereocenters. The van der Waals surface area contributed by atoms with E-state index in [1.165, 1.54) is 7.05 Å². The third-order valence-corrected chi connectivity index (χ3v) is 5.40. The molecule has 0 atom stereocenters. The fraction of sp³-hybridized carbons (Fsp3) is 0.217. The van der Waals surface area contributed by atoms with E-state index in [0.29, 0.717) is 17.1 Å². The van der Waals surface area contributed by atoms with Gasteiger partial charge in [0, 0.05) is 17.2 Å². The fourth-order valence-corrected chi connectivity index (χ4v) is 3.79. The number of amides is 2. The lowest BCUT2D eigenvalue weighted by molar-refractivity contribution is -0.129. The van der Waals surface area contributed by atoms with Crippen LogP contribution in [0.4, 0.5) is 5.69 Å². The zero-order valence-electron chi connectivity index (χ0n) is 17.8. The molecular formula is C23H23BrN4O3. The zero-order valence-corrected chi connectivity index (χ0v) is 19.4. The number of anilines is 1. The normalized spacial score (nSPS) is 10.6. The average Bonchev–Trinajstić information content (AvgIpc) is 3.03. The summed E-state index contributed by atoms with van der Waals surface area (Å²) in [6.07, 6.45) is 0. The van der Waals surface area contributed by atoms with Crippen LogP contribution >= 0.6 is 15.9 Å². The first-order chi connectivity index (χ1) is 14.7. The Hall–Kier alpha value is -3.26. The van der Waals surface area contributed by atoms with Gasteiger partial charge in [0.1, 0.15) is 0 Å². The molecule has 0 aliphatic carbocycles. The Balaban J connectivity index is 1.73. The van der Waals surface area contributed by atoms with Crippen molar-refractivity contribution in [1.29, 1.82) is 0 Å². The lowest BCUT2D eigenvalue weighted by atomic mass is 10.1. The quantitative estimate of drug-likeness (QED) is 0.427. The van der Waals surface area contributed by atoms with Crippen LogP contribution < -0.4 is 5.32 Å². The summed E-state index contributed by atoms with van der Waals surface area (Å²) < 4.78 is 2.54. The van der Waals surface area contributed by atoms with Crippen LogP contribution in [0.3, 0.4) is 0 Å². The van der Waals surface area contributed by atoms with E-state index >= 15 is 0 Å². The van der Waals surface area contributed by atoms with Gasteiger partial charge in [-0.2, -0.15) is 5.10 Å². The van der Waals surface area contributed by atoms with Crippen LogP contribution in [0.15, 0.2) is 53.0 Å². The molecule has 3 aromatic rings. The van der Waals surface area contributed by atoms with Gasteiger partial charge in [-0.15, -0.1) is 0 Å². The molecule has 1 N–H and O–H groups in total. The molecule has 0 saturated heterocycles. The number of hydrogen-bond acceptors (Lipinski definition) is 4. The highest BCUT2D eigenvalue weighted by molar-refractivity contribution is 9.10. The van der Waals surface area contributed by atoms with Crippen molar-refractivity contribution < 1.29 is 14.4 Å². The van der Waals surface area contributed by atoms with Crippen molar-refractivity contribution in [2.75, 3.05) is 18.9 Å². The van der Waals surface area contributed by atoms with Crippen LogP contribution in [0.2, 0.25) is 0 Å². The number of halogens is 1.